The van der Waals surface area contributed by atoms with Crippen LogP contribution in [0.4, 0.5) is 0 Å². The van der Waals surface area contributed by atoms with Crippen LogP contribution in [0.3, 0.4) is 0 Å². The van der Waals surface area contributed by atoms with Gasteiger partial charge in [0.05, 0.1) is 10.8 Å². The molecule has 1 fully saturated rings. The van der Waals surface area contributed by atoms with E-state index < -0.39 is 69.3 Å². The summed E-state index contributed by atoms with van der Waals surface area (Å²) in [6.07, 6.45) is 0.194. The number of amides is 4. The molecule has 0 bridgehead atoms. The maximum absolute atomic E-state index is 13.7. The van der Waals surface area contributed by atoms with Gasteiger partial charge in [0.1, 0.15) is 29.9 Å². The fourth-order valence-electron chi connectivity index (χ4n) is 4.59. The Labute approximate surface area is 284 Å². The highest BCUT2D eigenvalue weighted by Gasteiger charge is 2.45. The number of phenolic OH excluding ortho intramolecular Hbond substituents is 1. The lowest BCUT2D eigenvalue weighted by Crippen LogP contribution is -2.63. The van der Waals surface area contributed by atoms with Crippen molar-refractivity contribution < 1.29 is 34.2 Å². The van der Waals surface area contributed by atoms with Gasteiger partial charge in [-0.05, 0) is 76.4 Å². The summed E-state index contributed by atoms with van der Waals surface area (Å²) in [7, 11) is 2.31. The lowest BCUT2D eigenvalue weighted by Gasteiger charge is -2.38. The number of nitrogens with two attached hydrogens (primary N) is 1. The fraction of sp³-hybridized carbons (Fsp3) is 0.452. The molecule has 3 rings (SSSR count). The molecule has 15 heteroatoms. The minimum atomic E-state index is -1.38. The smallest absolute Gasteiger partial charge is 0.327 e. The van der Waals surface area contributed by atoms with Gasteiger partial charge >= 0.3 is 5.97 Å². The van der Waals surface area contributed by atoms with Crippen LogP contribution in [0.15, 0.2) is 53.0 Å². The molecule has 1 aliphatic heterocycles. The summed E-state index contributed by atoms with van der Waals surface area (Å²) in [5.74, 6) is -3.85. The van der Waals surface area contributed by atoms with E-state index in [-0.39, 0.29) is 18.6 Å². The van der Waals surface area contributed by atoms with Gasteiger partial charge in [0, 0.05) is 15.6 Å². The summed E-state index contributed by atoms with van der Waals surface area (Å²) < 4.78 is -1.36. The van der Waals surface area contributed by atoms with Crippen LogP contribution in [0.25, 0.3) is 0 Å². The number of carboxylic acids is 1. The van der Waals surface area contributed by atoms with Crippen LogP contribution in [0.5, 0.6) is 5.75 Å². The van der Waals surface area contributed by atoms with E-state index in [2.05, 4.69) is 37.2 Å². The zero-order valence-electron chi connectivity index (χ0n) is 26.1. The molecule has 1 heterocycles. The molecule has 5 atom stereocenters. The zero-order valence-corrected chi connectivity index (χ0v) is 29.3. The molecule has 0 spiro atoms. The SMILES string of the molecule is CC1NC(=O)C(NC(=O)C(N)Cc2ccc(O)cc2)C(C)(C)SSC(C)(C)C(C(=O)O)NC(=O)C(Cc2ccc(Br)cc2)NC1=O. The average molecular weight is 739 g/mol. The molecule has 5 unspecified atom stereocenters. The van der Waals surface area contributed by atoms with Crippen molar-refractivity contribution in [3.8, 4) is 5.75 Å². The molecule has 0 radical (unpaired) electrons. The Morgan fingerprint density at radius 1 is 0.891 bits per heavy atom. The predicted octanol–water partition coefficient (Wildman–Crippen LogP) is 2.26. The number of carboxylic acid groups (broad SMARTS) is 1. The Kier molecular flexibility index (Phi) is 12.6. The molecule has 0 saturated carbocycles. The molecule has 250 valence electrons. The number of hydrogen-bond donors (Lipinski definition) is 7. The van der Waals surface area contributed by atoms with Crippen LogP contribution in [0.2, 0.25) is 0 Å². The van der Waals surface area contributed by atoms with Crippen LogP contribution in [-0.4, -0.2) is 79.5 Å². The lowest BCUT2D eigenvalue weighted by atomic mass is 9.99. The number of carbonyl (C=O) groups is 5. The summed E-state index contributed by atoms with van der Waals surface area (Å²) in [5, 5.41) is 30.4. The van der Waals surface area contributed by atoms with Crippen LogP contribution < -0.4 is 27.0 Å². The van der Waals surface area contributed by atoms with Crippen molar-refractivity contribution in [3.63, 3.8) is 0 Å². The first-order chi connectivity index (χ1) is 21.4. The maximum Gasteiger partial charge on any atom is 0.327 e. The summed E-state index contributed by atoms with van der Waals surface area (Å²) in [5.41, 5.74) is 7.62. The van der Waals surface area contributed by atoms with Crippen LogP contribution in [0, 0.1) is 0 Å². The number of benzene rings is 2. The highest BCUT2D eigenvalue weighted by Crippen LogP contribution is 2.46. The van der Waals surface area contributed by atoms with Gasteiger partial charge in [-0.15, -0.1) is 0 Å². The predicted molar refractivity (Wildman–Crippen MR) is 182 cm³/mol. The first-order valence-corrected chi connectivity index (χ1v) is 17.4. The van der Waals surface area contributed by atoms with Gasteiger partial charge in [0.25, 0.3) is 0 Å². The third-order valence-corrected chi connectivity index (χ3v) is 12.2. The number of rotatable bonds is 7. The largest absolute Gasteiger partial charge is 0.508 e. The zero-order chi connectivity index (χ0) is 34.4. The number of nitrogens with one attached hydrogen (secondary N) is 4. The molecule has 0 aromatic heterocycles. The normalized spacial score (nSPS) is 24.4. The summed E-state index contributed by atoms with van der Waals surface area (Å²) in [6, 6.07) is 7.44. The molecule has 8 N–H and O–H groups in total. The lowest BCUT2D eigenvalue weighted by molar-refractivity contribution is -0.143. The van der Waals surface area contributed by atoms with Crippen molar-refractivity contribution in [3.05, 3.63) is 64.1 Å². The van der Waals surface area contributed by atoms with Crippen molar-refractivity contribution in [2.75, 3.05) is 0 Å². The van der Waals surface area contributed by atoms with Crippen molar-refractivity contribution in [2.45, 2.75) is 87.2 Å². The van der Waals surface area contributed by atoms with Gasteiger partial charge in [-0.1, -0.05) is 61.8 Å². The fourth-order valence-corrected chi connectivity index (χ4v) is 7.67. The first-order valence-electron chi connectivity index (χ1n) is 14.5. The van der Waals surface area contributed by atoms with Gasteiger partial charge < -0.3 is 37.2 Å². The second-order valence-corrected chi connectivity index (χ2v) is 16.5. The Morgan fingerprint density at radius 2 is 1.46 bits per heavy atom. The van der Waals surface area contributed by atoms with Crippen LogP contribution in [0.1, 0.15) is 45.7 Å². The highest BCUT2D eigenvalue weighted by atomic mass is 79.9. The molecule has 0 aliphatic carbocycles. The Balaban J connectivity index is 1.93. The molecular formula is C31H40BrN5O7S2. The highest BCUT2D eigenvalue weighted by molar-refractivity contribution is 9.10. The number of phenols is 1. The van der Waals surface area contributed by atoms with Crippen LogP contribution >= 0.6 is 37.5 Å². The van der Waals surface area contributed by atoms with E-state index in [0.717, 1.165) is 15.3 Å². The maximum atomic E-state index is 13.7. The summed E-state index contributed by atoms with van der Waals surface area (Å²) in [6.45, 7) is 8.15. The minimum absolute atomic E-state index is 0.0603. The van der Waals surface area contributed by atoms with E-state index in [1.54, 1.807) is 64.1 Å². The number of halogens is 1. The first kappa shape index (κ1) is 37.2. The number of aliphatic carboxylic acids is 1. The molecule has 1 aliphatic rings. The topological polar surface area (TPSA) is 200 Å². The quantitative estimate of drug-likeness (QED) is 0.207. The van der Waals surface area contributed by atoms with E-state index in [1.165, 1.54) is 29.9 Å². The van der Waals surface area contributed by atoms with Gasteiger partial charge in [0.2, 0.25) is 23.6 Å². The second kappa shape index (κ2) is 15.5. The monoisotopic (exact) mass is 737 g/mol. The van der Waals surface area contributed by atoms with E-state index >= 15 is 0 Å². The molecule has 4 amide bonds. The van der Waals surface area contributed by atoms with Crippen LogP contribution in [-0.2, 0) is 36.8 Å². The van der Waals surface area contributed by atoms with Gasteiger partial charge in [-0.25, -0.2) is 4.79 Å². The van der Waals surface area contributed by atoms with Crippen molar-refractivity contribution in [1.29, 1.82) is 0 Å². The number of carbonyl (C=O) groups excluding carboxylic acids is 4. The number of aromatic hydroxyl groups is 1. The molecule has 2 aromatic rings. The standard InChI is InChI=1S/C31H40BrN5O7S2/c1-16-25(39)35-22(15-18-6-10-19(32)11-7-18)27(41)37-24(29(43)44)31(4,5)46-45-30(2,3)23(28(42)34-16)36-26(40)21(33)14-17-8-12-20(38)13-9-17/h6-13,16,21-24,38H,14-15,33H2,1-5H3,(H,34,42)(H,35,39)(H,36,40)(H,37,41)(H,43,44). The van der Waals surface area contributed by atoms with Crippen molar-refractivity contribution in [1.82, 2.24) is 21.3 Å². The van der Waals surface area contributed by atoms with Gasteiger partial charge in [-0.2, -0.15) is 0 Å². The molecular weight excluding hydrogens is 698 g/mol. The summed E-state index contributed by atoms with van der Waals surface area (Å²) >= 11 is 3.37. The third kappa shape index (κ3) is 10.1. The number of hydrogen-bond acceptors (Lipinski definition) is 9. The Bertz CT molecular complexity index is 1440. The Morgan fingerprint density at radius 3 is 2.04 bits per heavy atom. The third-order valence-electron chi connectivity index (χ3n) is 7.41. The average Bonchev–Trinajstić information content (AvgIpc) is 2.98. The molecule has 2 aromatic carbocycles. The molecule has 12 nitrogen and oxygen atoms in total. The molecule has 46 heavy (non-hydrogen) atoms. The van der Waals surface area contributed by atoms with E-state index in [9.17, 15) is 34.2 Å². The van der Waals surface area contributed by atoms with Crippen molar-refractivity contribution in [2.24, 2.45) is 5.73 Å². The van der Waals surface area contributed by atoms with Crippen molar-refractivity contribution >= 4 is 67.1 Å². The second-order valence-electron chi connectivity index (χ2n) is 12.2. The van der Waals surface area contributed by atoms with E-state index in [1.807, 2.05) is 0 Å². The van der Waals surface area contributed by atoms with Gasteiger partial charge in [-0.3, -0.25) is 19.2 Å². The van der Waals surface area contributed by atoms with Gasteiger partial charge in [0.15, 0.2) is 0 Å². The minimum Gasteiger partial charge on any atom is -0.508 e. The Hall–Kier alpha value is -3.27. The van der Waals surface area contributed by atoms with E-state index in [0.29, 0.717) is 11.1 Å². The van der Waals surface area contributed by atoms with E-state index in [4.69, 9.17) is 5.73 Å². The summed E-state index contributed by atoms with van der Waals surface area (Å²) in [4.78, 5) is 66.3. The molecule has 1 saturated heterocycles.